The maximum Gasteiger partial charge on any atom is 0.407 e. The van der Waals surface area contributed by atoms with Gasteiger partial charge < -0.3 is 19.9 Å². The molecule has 1 aliphatic rings. The molecule has 0 spiro atoms. The minimum Gasteiger partial charge on any atom is -0.447 e. The van der Waals surface area contributed by atoms with Crippen LogP contribution in [0.25, 0.3) is 10.9 Å². The second kappa shape index (κ2) is 5.77. The van der Waals surface area contributed by atoms with Crippen LogP contribution in [0, 0.1) is 0 Å². The van der Waals surface area contributed by atoms with Crippen LogP contribution in [-0.4, -0.2) is 49.1 Å². The molecule has 0 aliphatic carbocycles. The third kappa shape index (κ3) is 3.19. The minimum atomic E-state index is -2.44. The first kappa shape index (κ1) is 9.10. The molecule has 5 heteroatoms. The van der Waals surface area contributed by atoms with Gasteiger partial charge in [0, 0.05) is 26.3 Å². The van der Waals surface area contributed by atoms with Crippen LogP contribution in [0.3, 0.4) is 0 Å². The summed E-state index contributed by atoms with van der Waals surface area (Å²) in [6, 6.07) is 3.42. The van der Waals surface area contributed by atoms with Crippen molar-refractivity contribution in [1.29, 1.82) is 0 Å². The van der Waals surface area contributed by atoms with Crippen molar-refractivity contribution < 1.29 is 16.4 Å². The summed E-state index contributed by atoms with van der Waals surface area (Å²) in [5.41, 5.74) is 2.26. The number of fused-ring (bicyclic) bond motifs is 1. The maximum atomic E-state index is 11.4. The van der Waals surface area contributed by atoms with E-state index < -0.39 is 25.2 Å². The predicted octanol–water partition coefficient (Wildman–Crippen LogP) is 1.92. The lowest BCUT2D eigenvalue weighted by atomic mass is 10.0. The minimum absolute atomic E-state index is 0.0765. The number of likely N-dealkylation sites (N-methyl/N-ethyl adjacent to an activating group) is 1. The summed E-state index contributed by atoms with van der Waals surface area (Å²) in [5, 5.41) is 3.04. The van der Waals surface area contributed by atoms with E-state index >= 15 is 0 Å². The van der Waals surface area contributed by atoms with Gasteiger partial charge in [0.15, 0.2) is 0 Å². The molecule has 0 saturated carbocycles. The fourth-order valence-electron chi connectivity index (χ4n) is 2.29. The zero-order chi connectivity index (χ0) is 19.3. The molecule has 3 rings (SSSR count). The Hall–Kier alpha value is -2.01. The summed E-state index contributed by atoms with van der Waals surface area (Å²) in [6.07, 6.45) is 0.905. The highest BCUT2D eigenvalue weighted by Crippen LogP contribution is 2.21. The molecule has 0 bridgehead atoms. The van der Waals surface area contributed by atoms with Crippen LogP contribution in [0.4, 0.5) is 4.79 Å². The van der Waals surface area contributed by atoms with Crippen LogP contribution >= 0.6 is 0 Å². The number of amides is 1. The molecule has 112 valence electrons. The van der Waals surface area contributed by atoms with E-state index in [2.05, 4.69) is 15.0 Å². The standard InChI is InChI=1S/C16H21N3O2/c1-19(2)6-5-12-9-17-15-4-3-11(8-14(12)15)7-13-10-21-16(20)18-13/h3-4,8-9,13,17H,5-7,10H2,1-2H3,(H,18,20)/t13-/m0/s1/i6D2,10D2,13D. The molecule has 2 aromatic rings. The second-order valence-electron chi connectivity index (χ2n) is 5.20. The van der Waals surface area contributed by atoms with Gasteiger partial charge in [-0.05, 0) is 50.2 Å². The Morgan fingerprint density at radius 1 is 1.57 bits per heavy atom. The molecule has 1 aromatic carbocycles. The summed E-state index contributed by atoms with van der Waals surface area (Å²) in [6.45, 7) is -3.96. The number of aryl methyl sites for hydroxylation is 1. The van der Waals surface area contributed by atoms with Crippen LogP contribution in [0.1, 0.15) is 18.0 Å². The van der Waals surface area contributed by atoms with Crippen LogP contribution in [0.15, 0.2) is 24.4 Å². The van der Waals surface area contributed by atoms with Gasteiger partial charge in [0.05, 0.1) is 10.1 Å². The Morgan fingerprint density at radius 2 is 2.43 bits per heavy atom. The number of nitrogens with one attached hydrogen (secondary N) is 2. The van der Waals surface area contributed by atoms with E-state index in [1.807, 2.05) is 0 Å². The summed E-state index contributed by atoms with van der Waals surface area (Å²) in [7, 11) is 3.35. The Bertz CT molecular complexity index is 852. The lowest BCUT2D eigenvalue weighted by Gasteiger charge is -2.09. The Labute approximate surface area is 131 Å². The van der Waals surface area contributed by atoms with Crippen molar-refractivity contribution in [3.8, 4) is 0 Å². The summed E-state index contributed by atoms with van der Waals surface area (Å²) >= 11 is 0. The molecule has 5 nitrogen and oxygen atoms in total. The molecule has 1 fully saturated rings. The van der Waals surface area contributed by atoms with Gasteiger partial charge in [0.25, 0.3) is 0 Å². The van der Waals surface area contributed by atoms with Gasteiger partial charge in [0.1, 0.15) is 6.56 Å². The first-order valence-corrected chi connectivity index (χ1v) is 6.71. The molecule has 1 amide bonds. The number of nitrogens with zero attached hydrogens (tertiary/aromatic N) is 1. The number of carbonyl (C=O) groups is 1. The number of hydrogen-bond acceptors (Lipinski definition) is 3. The van der Waals surface area contributed by atoms with Crippen LogP contribution in [0.5, 0.6) is 0 Å². The van der Waals surface area contributed by atoms with Crippen LogP contribution < -0.4 is 5.32 Å². The van der Waals surface area contributed by atoms with Crippen molar-refractivity contribution in [1.82, 2.24) is 15.2 Å². The normalized spacial score (nSPS) is 28.3. The van der Waals surface area contributed by atoms with Gasteiger partial charge in [-0.25, -0.2) is 4.79 Å². The first-order valence-electron chi connectivity index (χ1n) is 9.21. The van der Waals surface area contributed by atoms with Crippen molar-refractivity contribution in [3.63, 3.8) is 0 Å². The van der Waals surface area contributed by atoms with E-state index in [9.17, 15) is 4.79 Å². The van der Waals surface area contributed by atoms with Crippen molar-refractivity contribution in [2.75, 3.05) is 27.2 Å². The van der Waals surface area contributed by atoms with E-state index in [1.54, 1.807) is 38.5 Å². The highest BCUT2D eigenvalue weighted by molar-refractivity contribution is 5.84. The lowest BCUT2D eigenvalue weighted by molar-refractivity contribution is 0.177. The van der Waals surface area contributed by atoms with E-state index in [0.29, 0.717) is 5.56 Å². The highest BCUT2D eigenvalue weighted by atomic mass is 16.6. The van der Waals surface area contributed by atoms with Crippen molar-refractivity contribution >= 4 is 17.0 Å². The van der Waals surface area contributed by atoms with Crippen LogP contribution in [-0.2, 0) is 17.6 Å². The fraction of sp³-hybridized carbons (Fsp3) is 0.438. The summed E-state index contributed by atoms with van der Waals surface area (Å²) in [4.78, 5) is 16.0. The average Bonchev–Trinajstić information content (AvgIpc) is 2.96. The van der Waals surface area contributed by atoms with Gasteiger partial charge in [-0.15, -0.1) is 0 Å². The Morgan fingerprint density at radius 3 is 3.14 bits per heavy atom. The van der Waals surface area contributed by atoms with Gasteiger partial charge in [-0.1, -0.05) is 6.07 Å². The Kier molecular flexibility index (Phi) is 2.50. The number of hydrogen-bond donors (Lipinski definition) is 2. The third-order valence-corrected chi connectivity index (χ3v) is 3.32. The number of aromatic amines is 1. The topological polar surface area (TPSA) is 57.4 Å². The molecule has 21 heavy (non-hydrogen) atoms. The molecule has 1 atom stereocenters. The maximum absolute atomic E-state index is 11.4. The summed E-state index contributed by atoms with van der Waals surface area (Å²) in [5.74, 6) is 0. The number of aromatic nitrogens is 1. The van der Waals surface area contributed by atoms with Crippen molar-refractivity contribution in [2.45, 2.75) is 18.9 Å². The monoisotopic (exact) mass is 292 g/mol. The molecule has 0 unspecified atom stereocenters. The van der Waals surface area contributed by atoms with Gasteiger partial charge in [-0.3, -0.25) is 0 Å². The third-order valence-electron chi connectivity index (χ3n) is 3.32. The van der Waals surface area contributed by atoms with Crippen molar-refractivity contribution in [3.05, 3.63) is 35.5 Å². The molecule has 2 heterocycles. The average molecular weight is 292 g/mol. The van der Waals surface area contributed by atoms with Crippen LogP contribution in [0.2, 0.25) is 0 Å². The SMILES string of the molecule is [2H]C([2H])(Cc1c[nH]c2ccc(C[C@]3([2H])NC(=O)OC3([2H])[2H])cc12)N(C)C. The molecular weight excluding hydrogens is 266 g/mol. The number of ether oxygens (including phenoxy) is 1. The molecule has 1 aliphatic heterocycles. The van der Waals surface area contributed by atoms with E-state index in [1.165, 1.54) is 4.90 Å². The number of carbonyl (C=O) groups excluding carboxylic acids is 1. The molecule has 1 aromatic heterocycles. The zero-order valence-electron chi connectivity index (χ0n) is 17.0. The number of H-pyrrole nitrogens is 1. The number of cyclic esters (lactones) is 1. The van der Waals surface area contributed by atoms with E-state index in [0.717, 1.165) is 16.5 Å². The largest absolute Gasteiger partial charge is 0.447 e. The first-order chi connectivity index (χ1) is 11.9. The predicted molar refractivity (Wildman–Crippen MR) is 82.5 cm³/mol. The van der Waals surface area contributed by atoms with Gasteiger partial charge in [0.2, 0.25) is 0 Å². The van der Waals surface area contributed by atoms with E-state index in [-0.39, 0.29) is 12.8 Å². The number of alkyl carbamates (subject to hydrolysis) is 1. The molecular formula is C16H21N3O2. The number of benzene rings is 1. The highest BCUT2D eigenvalue weighted by Gasteiger charge is 2.22. The molecule has 1 saturated heterocycles. The quantitative estimate of drug-likeness (QED) is 0.885. The molecule has 0 radical (unpaired) electrons. The fourth-order valence-corrected chi connectivity index (χ4v) is 2.29. The summed E-state index contributed by atoms with van der Waals surface area (Å²) < 4.78 is 44.6. The number of rotatable bonds is 5. The lowest BCUT2D eigenvalue weighted by Crippen LogP contribution is -2.28. The Balaban J connectivity index is 1.92. The molecule has 2 N–H and O–H groups in total. The van der Waals surface area contributed by atoms with Gasteiger partial charge >= 0.3 is 6.09 Å². The van der Waals surface area contributed by atoms with E-state index in [4.69, 9.17) is 6.85 Å². The smallest absolute Gasteiger partial charge is 0.407 e. The van der Waals surface area contributed by atoms with Crippen molar-refractivity contribution in [2.24, 2.45) is 0 Å². The van der Waals surface area contributed by atoms with Gasteiger partial charge in [-0.2, -0.15) is 0 Å². The zero-order valence-corrected chi connectivity index (χ0v) is 12.0. The second-order valence-corrected chi connectivity index (χ2v) is 5.20.